The van der Waals surface area contributed by atoms with E-state index in [1.807, 2.05) is 32.6 Å². The summed E-state index contributed by atoms with van der Waals surface area (Å²) in [6, 6.07) is 8.61. The summed E-state index contributed by atoms with van der Waals surface area (Å²) in [5.74, 6) is 2.05. The van der Waals surface area contributed by atoms with E-state index in [2.05, 4.69) is 48.0 Å². The summed E-state index contributed by atoms with van der Waals surface area (Å²) in [6.45, 7) is 15.2. The van der Waals surface area contributed by atoms with Gasteiger partial charge in [-0.25, -0.2) is 9.97 Å². The molecular formula is C23H32N4O. The summed E-state index contributed by atoms with van der Waals surface area (Å²) in [5, 5.41) is 0. The summed E-state index contributed by atoms with van der Waals surface area (Å²) < 4.78 is 0. The highest BCUT2D eigenvalue weighted by molar-refractivity contribution is 5.81. The molecule has 0 aliphatic carbocycles. The molecule has 0 saturated carbocycles. The van der Waals surface area contributed by atoms with E-state index in [0.29, 0.717) is 0 Å². The number of carbonyl (C=O) groups excluding carboxylic acids is 1. The van der Waals surface area contributed by atoms with Gasteiger partial charge in [-0.2, -0.15) is 0 Å². The maximum Gasteiger partial charge on any atom is 0.228 e. The first kappa shape index (κ1) is 20.3. The van der Waals surface area contributed by atoms with Crippen LogP contribution in [-0.2, 0) is 11.2 Å². The second-order valence-corrected chi connectivity index (χ2v) is 8.85. The van der Waals surface area contributed by atoms with Crippen molar-refractivity contribution in [1.82, 2.24) is 14.9 Å². The van der Waals surface area contributed by atoms with Crippen molar-refractivity contribution in [3.05, 3.63) is 52.5 Å². The second-order valence-electron chi connectivity index (χ2n) is 8.85. The first-order chi connectivity index (χ1) is 13.1. The van der Waals surface area contributed by atoms with Crippen LogP contribution in [0.2, 0.25) is 0 Å². The maximum atomic E-state index is 12.6. The predicted molar refractivity (Wildman–Crippen MR) is 114 cm³/mol. The van der Waals surface area contributed by atoms with Gasteiger partial charge < -0.3 is 9.80 Å². The molecule has 1 aliphatic rings. The molecule has 3 rings (SSSR count). The molecule has 0 radical (unpaired) electrons. The van der Waals surface area contributed by atoms with Crippen molar-refractivity contribution in [2.24, 2.45) is 5.41 Å². The molecule has 1 aliphatic heterocycles. The van der Waals surface area contributed by atoms with Gasteiger partial charge in [-0.1, -0.05) is 50.6 Å². The van der Waals surface area contributed by atoms with Crippen molar-refractivity contribution in [2.45, 2.75) is 48.0 Å². The first-order valence-electron chi connectivity index (χ1n) is 10.1. The van der Waals surface area contributed by atoms with Crippen LogP contribution in [0.5, 0.6) is 0 Å². The molecule has 150 valence electrons. The van der Waals surface area contributed by atoms with Gasteiger partial charge in [0.25, 0.3) is 0 Å². The average molecular weight is 381 g/mol. The molecule has 0 N–H and O–H groups in total. The van der Waals surface area contributed by atoms with E-state index >= 15 is 0 Å². The van der Waals surface area contributed by atoms with E-state index in [1.165, 1.54) is 16.7 Å². The van der Waals surface area contributed by atoms with Crippen molar-refractivity contribution in [2.75, 3.05) is 31.1 Å². The third-order valence-corrected chi connectivity index (χ3v) is 5.28. The van der Waals surface area contributed by atoms with Crippen LogP contribution in [0.15, 0.2) is 24.3 Å². The van der Waals surface area contributed by atoms with E-state index < -0.39 is 0 Å². The molecule has 0 bridgehead atoms. The Morgan fingerprint density at radius 1 is 1.04 bits per heavy atom. The number of aromatic nitrogens is 2. The lowest BCUT2D eigenvalue weighted by atomic mass is 9.94. The van der Waals surface area contributed by atoms with E-state index in [9.17, 15) is 4.79 Å². The summed E-state index contributed by atoms with van der Waals surface area (Å²) in [6.07, 6.45) is 0.824. The fraction of sp³-hybridized carbons (Fsp3) is 0.522. The topological polar surface area (TPSA) is 49.3 Å². The van der Waals surface area contributed by atoms with E-state index in [4.69, 9.17) is 4.98 Å². The Morgan fingerprint density at radius 2 is 1.71 bits per heavy atom. The number of hydrogen-bond donors (Lipinski definition) is 0. The monoisotopic (exact) mass is 380 g/mol. The number of carbonyl (C=O) groups is 1. The fourth-order valence-electron chi connectivity index (χ4n) is 3.81. The zero-order valence-electron chi connectivity index (χ0n) is 18.0. The number of amides is 1. The minimum Gasteiger partial charge on any atom is -0.353 e. The molecular weight excluding hydrogens is 348 g/mol. The Bertz CT molecular complexity index is 861. The second kappa shape index (κ2) is 7.90. The molecule has 2 aromatic rings. The standard InChI is InChI=1S/C23H32N4O/c1-16-8-7-9-19(14-16)15-20-17(2)24-18(3)25-21(20)26-10-12-27(13-11-26)22(28)23(4,5)6/h7-9,14H,10-13,15H2,1-6H3. The normalized spacial score (nSPS) is 15.1. The Balaban J connectivity index is 1.83. The molecule has 1 aromatic heterocycles. The third kappa shape index (κ3) is 4.51. The number of aryl methyl sites for hydroxylation is 3. The van der Waals surface area contributed by atoms with Crippen LogP contribution in [0.3, 0.4) is 0 Å². The van der Waals surface area contributed by atoms with Gasteiger partial charge in [0.15, 0.2) is 0 Å². The highest BCUT2D eigenvalue weighted by Crippen LogP contribution is 2.26. The Labute approximate surface area is 168 Å². The summed E-state index contributed by atoms with van der Waals surface area (Å²) in [5.41, 5.74) is 4.43. The molecule has 1 saturated heterocycles. The van der Waals surface area contributed by atoms with Crippen LogP contribution in [-0.4, -0.2) is 47.0 Å². The Kier molecular flexibility index (Phi) is 5.73. The van der Waals surface area contributed by atoms with Crippen molar-refractivity contribution in [3.8, 4) is 0 Å². The summed E-state index contributed by atoms with van der Waals surface area (Å²) in [4.78, 5) is 26.3. The molecule has 28 heavy (non-hydrogen) atoms. The zero-order chi connectivity index (χ0) is 20.5. The van der Waals surface area contributed by atoms with E-state index in [0.717, 1.165) is 49.9 Å². The van der Waals surface area contributed by atoms with Crippen LogP contribution in [0, 0.1) is 26.2 Å². The number of anilines is 1. The third-order valence-electron chi connectivity index (χ3n) is 5.28. The number of rotatable bonds is 3. The van der Waals surface area contributed by atoms with Gasteiger partial charge in [0, 0.05) is 49.3 Å². The maximum absolute atomic E-state index is 12.6. The smallest absolute Gasteiger partial charge is 0.228 e. The Morgan fingerprint density at radius 3 is 2.32 bits per heavy atom. The quantitative estimate of drug-likeness (QED) is 0.815. The molecule has 0 spiro atoms. The molecule has 0 atom stereocenters. The lowest BCUT2D eigenvalue weighted by molar-refractivity contribution is -0.139. The van der Waals surface area contributed by atoms with E-state index in [-0.39, 0.29) is 11.3 Å². The summed E-state index contributed by atoms with van der Waals surface area (Å²) >= 11 is 0. The predicted octanol–water partition coefficient (Wildman–Crippen LogP) is 3.69. The lowest BCUT2D eigenvalue weighted by Gasteiger charge is -2.39. The highest BCUT2D eigenvalue weighted by Gasteiger charge is 2.30. The van der Waals surface area contributed by atoms with Gasteiger partial charge in [0.2, 0.25) is 5.91 Å². The van der Waals surface area contributed by atoms with Gasteiger partial charge in [-0.3, -0.25) is 4.79 Å². The number of nitrogens with zero attached hydrogens (tertiary/aromatic N) is 4. The van der Waals surface area contributed by atoms with Gasteiger partial charge in [-0.15, -0.1) is 0 Å². The molecule has 1 amide bonds. The van der Waals surface area contributed by atoms with Gasteiger partial charge in [-0.05, 0) is 26.3 Å². The molecule has 0 unspecified atom stereocenters. The minimum absolute atomic E-state index is 0.224. The molecule has 2 heterocycles. The van der Waals surface area contributed by atoms with Crippen molar-refractivity contribution in [3.63, 3.8) is 0 Å². The average Bonchev–Trinajstić information content (AvgIpc) is 2.62. The largest absolute Gasteiger partial charge is 0.353 e. The SMILES string of the molecule is Cc1cccc(Cc2c(C)nc(C)nc2N2CCN(C(=O)C(C)(C)C)CC2)c1. The van der Waals surface area contributed by atoms with Gasteiger partial charge in [0.1, 0.15) is 11.6 Å². The van der Waals surface area contributed by atoms with Crippen LogP contribution in [0.4, 0.5) is 5.82 Å². The molecule has 5 nitrogen and oxygen atoms in total. The van der Waals surface area contributed by atoms with Crippen LogP contribution < -0.4 is 4.90 Å². The van der Waals surface area contributed by atoms with E-state index in [1.54, 1.807) is 0 Å². The van der Waals surface area contributed by atoms with Crippen molar-refractivity contribution >= 4 is 11.7 Å². The molecule has 1 aromatic carbocycles. The van der Waals surface area contributed by atoms with Crippen molar-refractivity contribution < 1.29 is 4.79 Å². The van der Waals surface area contributed by atoms with Crippen molar-refractivity contribution in [1.29, 1.82) is 0 Å². The lowest BCUT2D eigenvalue weighted by Crippen LogP contribution is -2.52. The number of piperazine rings is 1. The fourth-order valence-corrected chi connectivity index (χ4v) is 3.81. The van der Waals surface area contributed by atoms with Crippen LogP contribution >= 0.6 is 0 Å². The van der Waals surface area contributed by atoms with Gasteiger partial charge >= 0.3 is 0 Å². The molecule has 1 fully saturated rings. The Hall–Kier alpha value is -2.43. The van der Waals surface area contributed by atoms with Crippen LogP contribution in [0.1, 0.15) is 49.0 Å². The highest BCUT2D eigenvalue weighted by atomic mass is 16.2. The number of hydrogen-bond acceptors (Lipinski definition) is 4. The number of benzene rings is 1. The zero-order valence-corrected chi connectivity index (χ0v) is 18.0. The summed E-state index contributed by atoms with van der Waals surface area (Å²) in [7, 11) is 0. The minimum atomic E-state index is -0.333. The van der Waals surface area contributed by atoms with Gasteiger partial charge in [0.05, 0.1) is 0 Å². The first-order valence-corrected chi connectivity index (χ1v) is 10.1. The van der Waals surface area contributed by atoms with Crippen LogP contribution in [0.25, 0.3) is 0 Å². The molecule has 5 heteroatoms.